The molecule has 0 amide bonds. The second-order valence-electron chi connectivity index (χ2n) is 8.59. The van der Waals surface area contributed by atoms with Crippen LogP contribution >= 0.6 is 0 Å². The van der Waals surface area contributed by atoms with Crippen molar-refractivity contribution in [2.75, 3.05) is 6.61 Å². The van der Waals surface area contributed by atoms with Gasteiger partial charge in [-0.3, -0.25) is 4.79 Å². The molecule has 0 aliphatic heterocycles. The molecule has 0 spiro atoms. The summed E-state index contributed by atoms with van der Waals surface area (Å²) in [6, 6.07) is 0. The van der Waals surface area contributed by atoms with E-state index in [0.29, 0.717) is 16.7 Å². The van der Waals surface area contributed by atoms with Crippen LogP contribution < -0.4 is 0 Å². The number of carbonyl (C=O) groups is 2. The predicted octanol–water partition coefficient (Wildman–Crippen LogP) is 3.40. The minimum atomic E-state index is -0.413. The molecule has 4 saturated carbocycles. The standard InChI is InChI=1S/C18H26O4/c1-12(8-21-13(2)19)15(20)22-18-7-14-5-16(3,10-18)9-17(4,6-14)11-18/h14H,1,5-11H2,2-4H3. The fourth-order valence-corrected chi connectivity index (χ4v) is 5.97. The van der Waals surface area contributed by atoms with Crippen LogP contribution in [0.5, 0.6) is 0 Å². The fraction of sp³-hybridized carbons (Fsp3) is 0.778. The Labute approximate surface area is 132 Å². The first-order valence-corrected chi connectivity index (χ1v) is 8.17. The molecule has 4 nitrogen and oxygen atoms in total. The van der Waals surface area contributed by atoms with Crippen molar-refractivity contribution in [1.29, 1.82) is 0 Å². The van der Waals surface area contributed by atoms with Crippen molar-refractivity contribution >= 4 is 11.9 Å². The Hall–Kier alpha value is -1.32. The van der Waals surface area contributed by atoms with E-state index in [1.807, 2.05) is 0 Å². The van der Waals surface area contributed by atoms with E-state index in [2.05, 4.69) is 20.4 Å². The first kappa shape index (κ1) is 15.6. The molecule has 22 heavy (non-hydrogen) atoms. The molecule has 4 aliphatic carbocycles. The lowest BCUT2D eigenvalue weighted by Crippen LogP contribution is -2.60. The van der Waals surface area contributed by atoms with Gasteiger partial charge in [0, 0.05) is 6.92 Å². The first-order chi connectivity index (χ1) is 10.1. The van der Waals surface area contributed by atoms with Crippen LogP contribution in [0.3, 0.4) is 0 Å². The number of esters is 2. The Morgan fingerprint density at radius 1 is 1.09 bits per heavy atom. The summed E-state index contributed by atoms with van der Waals surface area (Å²) in [5.74, 6) is -0.153. The highest BCUT2D eigenvalue weighted by atomic mass is 16.6. The van der Waals surface area contributed by atoms with Crippen molar-refractivity contribution in [1.82, 2.24) is 0 Å². The van der Waals surface area contributed by atoms with E-state index < -0.39 is 11.9 Å². The Morgan fingerprint density at radius 2 is 1.68 bits per heavy atom. The van der Waals surface area contributed by atoms with Crippen molar-refractivity contribution in [2.45, 2.75) is 64.9 Å². The Morgan fingerprint density at radius 3 is 2.18 bits per heavy atom. The Kier molecular flexibility index (Phi) is 3.42. The molecule has 4 aliphatic rings. The van der Waals surface area contributed by atoms with Crippen LogP contribution in [0, 0.1) is 16.7 Å². The molecule has 0 aromatic carbocycles. The average Bonchev–Trinajstić information content (AvgIpc) is 2.30. The molecule has 0 saturated heterocycles. The lowest BCUT2D eigenvalue weighted by molar-refractivity contribution is -0.213. The molecule has 2 unspecified atom stereocenters. The van der Waals surface area contributed by atoms with Crippen molar-refractivity contribution in [3.05, 3.63) is 12.2 Å². The third kappa shape index (κ3) is 2.80. The molecule has 4 fully saturated rings. The molecule has 122 valence electrons. The molecule has 0 N–H and O–H groups in total. The maximum Gasteiger partial charge on any atom is 0.337 e. The van der Waals surface area contributed by atoms with E-state index >= 15 is 0 Å². The van der Waals surface area contributed by atoms with E-state index in [-0.39, 0.29) is 17.8 Å². The number of carbonyl (C=O) groups excluding carboxylic acids is 2. The zero-order valence-electron chi connectivity index (χ0n) is 13.9. The van der Waals surface area contributed by atoms with Crippen molar-refractivity contribution in [3.63, 3.8) is 0 Å². The summed E-state index contributed by atoms with van der Waals surface area (Å²) in [6.45, 7) is 9.62. The smallest absolute Gasteiger partial charge is 0.337 e. The van der Waals surface area contributed by atoms with Crippen LogP contribution in [0.25, 0.3) is 0 Å². The van der Waals surface area contributed by atoms with Gasteiger partial charge >= 0.3 is 11.9 Å². The van der Waals surface area contributed by atoms with E-state index in [0.717, 1.165) is 19.3 Å². The Bertz CT molecular complexity index is 517. The summed E-state index contributed by atoms with van der Waals surface area (Å²) in [5.41, 5.74) is 0.484. The largest absolute Gasteiger partial charge is 0.461 e. The van der Waals surface area contributed by atoms with Crippen LogP contribution in [0.4, 0.5) is 0 Å². The summed E-state index contributed by atoms with van der Waals surface area (Å²) in [5, 5.41) is 0. The van der Waals surface area contributed by atoms with Gasteiger partial charge in [-0.1, -0.05) is 20.4 Å². The molecule has 0 heterocycles. The topological polar surface area (TPSA) is 52.6 Å². The highest BCUT2D eigenvalue weighted by molar-refractivity contribution is 5.88. The highest BCUT2D eigenvalue weighted by Crippen LogP contribution is 2.67. The molecular formula is C18H26O4. The molecular weight excluding hydrogens is 280 g/mol. The van der Waals surface area contributed by atoms with Crippen LogP contribution in [0.2, 0.25) is 0 Å². The SMILES string of the molecule is C=C(COC(C)=O)C(=O)OC12CC3CC(C)(CC(C)(C3)C1)C2. The van der Waals surface area contributed by atoms with Crippen molar-refractivity contribution in [3.8, 4) is 0 Å². The summed E-state index contributed by atoms with van der Waals surface area (Å²) in [4.78, 5) is 23.2. The second kappa shape index (κ2) is 4.84. The summed E-state index contributed by atoms with van der Waals surface area (Å²) < 4.78 is 10.8. The van der Waals surface area contributed by atoms with Gasteiger partial charge in [0.15, 0.2) is 0 Å². The van der Waals surface area contributed by atoms with Crippen LogP contribution in [0.15, 0.2) is 12.2 Å². The maximum atomic E-state index is 12.3. The zero-order valence-corrected chi connectivity index (χ0v) is 13.9. The highest BCUT2D eigenvalue weighted by Gasteiger charge is 2.61. The minimum absolute atomic E-state index is 0.0811. The fourth-order valence-electron chi connectivity index (χ4n) is 5.97. The number of ether oxygens (including phenoxy) is 2. The lowest BCUT2D eigenvalue weighted by Gasteiger charge is -2.64. The summed E-state index contributed by atoms with van der Waals surface area (Å²) in [6.07, 6.45) is 6.65. The molecule has 4 bridgehead atoms. The third-order valence-electron chi connectivity index (χ3n) is 5.62. The summed E-state index contributed by atoms with van der Waals surface area (Å²) >= 11 is 0. The van der Waals surface area contributed by atoms with Gasteiger partial charge in [0.05, 0.1) is 5.57 Å². The van der Waals surface area contributed by atoms with Crippen molar-refractivity contribution < 1.29 is 19.1 Å². The van der Waals surface area contributed by atoms with Gasteiger partial charge in [0.1, 0.15) is 12.2 Å². The molecule has 0 aromatic heterocycles. The van der Waals surface area contributed by atoms with Gasteiger partial charge in [-0.05, 0) is 55.3 Å². The lowest BCUT2D eigenvalue weighted by atomic mass is 9.43. The quantitative estimate of drug-likeness (QED) is 0.590. The van der Waals surface area contributed by atoms with Crippen molar-refractivity contribution in [2.24, 2.45) is 16.7 Å². The van der Waals surface area contributed by atoms with Gasteiger partial charge < -0.3 is 9.47 Å². The maximum absolute atomic E-state index is 12.3. The monoisotopic (exact) mass is 306 g/mol. The number of rotatable bonds is 4. The number of hydrogen-bond acceptors (Lipinski definition) is 4. The average molecular weight is 306 g/mol. The molecule has 4 rings (SSSR count). The number of hydrogen-bond donors (Lipinski definition) is 0. The van der Waals surface area contributed by atoms with Gasteiger partial charge in [-0.25, -0.2) is 4.79 Å². The first-order valence-electron chi connectivity index (χ1n) is 8.17. The van der Waals surface area contributed by atoms with Gasteiger partial charge in [-0.15, -0.1) is 0 Å². The Balaban J connectivity index is 1.71. The molecule has 2 atom stereocenters. The van der Waals surface area contributed by atoms with Crippen LogP contribution in [0.1, 0.15) is 59.3 Å². The van der Waals surface area contributed by atoms with E-state index in [4.69, 9.17) is 9.47 Å². The van der Waals surface area contributed by atoms with E-state index in [1.54, 1.807) is 0 Å². The minimum Gasteiger partial charge on any atom is -0.461 e. The molecule has 0 aromatic rings. The second-order valence-corrected chi connectivity index (χ2v) is 8.59. The van der Waals surface area contributed by atoms with E-state index in [9.17, 15) is 9.59 Å². The third-order valence-corrected chi connectivity index (χ3v) is 5.62. The van der Waals surface area contributed by atoms with Crippen LogP contribution in [-0.2, 0) is 19.1 Å². The molecule has 0 radical (unpaired) electrons. The normalized spacial score (nSPS) is 42.0. The predicted molar refractivity (Wildman–Crippen MR) is 82.0 cm³/mol. The van der Waals surface area contributed by atoms with E-state index in [1.165, 1.54) is 26.2 Å². The van der Waals surface area contributed by atoms with Gasteiger partial charge in [-0.2, -0.15) is 0 Å². The van der Waals surface area contributed by atoms with Crippen LogP contribution in [-0.4, -0.2) is 24.1 Å². The summed E-state index contributed by atoms with van der Waals surface area (Å²) in [7, 11) is 0. The molecule has 4 heteroatoms. The van der Waals surface area contributed by atoms with Gasteiger partial charge in [0.2, 0.25) is 0 Å². The zero-order chi connectivity index (χ0) is 16.2. The van der Waals surface area contributed by atoms with Gasteiger partial charge in [0.25, 0.3) is 0 Å².